The van der Waals surface area contributed by atoms with Crippen LogP contribution in [-0.2, 0) is 0 Å². The third-order valence-electron chi connectivity index (χ3n) is 2.13. The maximum atomic E-state index is 11.2. The molecule has 0 radical (unpaired) electrons. The van der Waals surface area contributed by atoms with Crippen molar-refractivity contribution in [2.24, 2.45) is 0 Å². The van der Waals surface area contributed by atoms with Gasteiger partial charge in [0.15, 0.2) is 0 Å². The predicted octanol–water partition coefficient (Wildman–Crippen LogP) is 2.37. The molecule has 0 bridgehead atoms. The lowest BCUT2D eigenvalue weighted by atomic mass is 10.2. The van der Waals surface area contributed by atoms with E-state index in [9.17, 15) is 14.9 Å². The summed E-state index contributed by atoms with van der Waals surface area (Å²) >= 11 is 3.21. The fourth-order valence-corrected chi connectivity index (χ4v) is 1.97. The van der Waals surface area contributed by atoms with Crippen molar-refractivity contribution in [3.8, 4) is 0 Å². The molecular weight excluding hydrogens is 278 g/mol. The molecule has 0 saturated heterocycles. The highest BCUT2D eigenvalue weighted by Crippen LogP contribution is 2.29. The van der Waals surface area contributed by atoms with Gasteiger partial charge in [-0.05, 0) is 15.9 Å². The molecule has 0 aliphatic carbocycles. The molecule has 6 nitrogen and oxygen atoms in total. The highest BCUT2D eigenvalue weighted by molar-refractivity contribution is 9.10. The van der Waals surface area contributed by atoms with E-state index in [1.165, 1.54) is 25.3 Å². The number of carbonyl (C=O) groups excluding carboxylic acids is 1. The van der Waals surface area contributed by atoms with Crippen LogP contribution in [0.5, 0.6) is 0 Å². The largest absolute Gasteiger partial charge is 0.273 e. The molecular formula is C9H6BrN3O3. The number of benzene rings is 1. The van der Waals surface area contributed by atoms with Crippen LogP contribution >= 0.6 is 15.9 Å². The summed E-state index contributed by atoms with van der Waals surface area (Å²) in [5, 5.41) is 15.2. The number of nitro benzene ring substituents is 1. The van der Waals surface area contributed by atoms with Crippen molar-refractivity contribution in [1.29, 1.82) is 0 Å². The Bertz CT molecular complexity index is 605. The first kappa shape index (κ1) is 10.7. The van der Waals surface area contributed by atoms with E-state index < -0.39 is 4.92 Å². The van der Waals surface area contributed by atoms with E-state index in [1.54, 1.807) is 0 Å². The first-order valence-electron chi connectivity index (χ1n) is 4.33. The van der Waals surface area contributed by atoms with Crippen molar-refractivity contribution in [3.63, 3.8) is 0 Å². The van der Waals surface area contributed by atoms with E-state index in [-0.39, 0.29) is 11.6 Å². The van der Waals surface area contributed by atoms with Crippen molar-refractivity contribution >= 4 is 38.4 Å². The normalized spacial score (nSPS) is 10.6. The highest BCUT2D eigenvalue weighted by Gasteiger charge is 2.15. The summed E-state index contributed by atoms with van der Waals surface area (Å²) < 4.78 is 1.68. The molecule has 0 unspecified atom stereocenters. The molecule has 0 spiro atoms. The standard InChI is InChI=1S/C9H6BrN3O3/c1-5(14)12-9-3-6(13(15)16)2-8(10)7(9)4-11-12/h2-4H,1H3. The van der Waals surface area contributed by atoms with Gasteiger partial charge in [0, 0.05) is 28.9 Å². The van der Waals surface area contributed by atoms with Crippen molar-refractivity contribution in [3.05, 3.63) is 32.9 Å². The number of halogens is 1. The van der Waals surface area contributed by atoms with Crippen molar-refractivity contribution in [1.82, 2.24) is 9.78 Å². The summed E-state index contributed by atoms with van der Waals surface area (Å²) in [6, 6.07) is 2.71. The smallest absolute Gasteiger partial charge is 0.272 e. The fourth-order valence-electron chi connectivity index (χ4n) is 1.43. The van der Waals surface area contributed by atoms with E-state index in [2.05, 4.69) is 21.0 Å². The molecule has 0 aliphatic rings. The monoisotopic (exact) mass is 283 g/mol. The zero-order valence-electron chi connectivity index (χ0n) is 8.18. The summed E-state index contributed by atoms with van der Waals surface area (Å²) in [5.41, 5.74) is 0.343. The molecule has 0 amide bonds. The summed E-state index contributed by atoms with van der Waals surface area (Å²) in [4.78, 5) is 21.4. The Hall–Kier alpha value is -1.76. The van der Waals surface area contributed by atoms with Gasteiger partial charge in [0.1, 0.15) is 0 Å². The van der Waals surface area contributed by atoms with Gasteiger partial charge in [0.25, 0.3) is 5.69 Å². The zero-order chi connectivity index (χ0) is 11.9. The molecule has 0 aliphatic heterocycles. The van der Waals surface area contributed by atoms with Crippen LogP contribution in [0.2, 0.25) is 0 Å². The molecule has 0 atom stereocenters. The molecule has 2 aromatic rings. The number of aromatic nitrogens is 2. The van der Waals surface area contributed by atoms with Crippen LogP contribution in [0, 0.1) is 10.1 Å². The average molecular weight is 284 g/mol. The molecule has 0 N–H and O–H groups in total. The Labute approximate surface area is 98.1 Å². The summed E-state index contributed by atoms with van der Waals surface area (Å²) in [6.45, 7) is 1.35. The third kappa shape index (κ3) is 1.58. The first-order valence-corrected chi connectivity index (χ1v) is 5.12. The molecule has 2 rings (SSSR count). The first-order chi connectivity index (χ1) is 7.50. The number of fused-ring (bicyclic) bond motifs is 1. The van der Waals surface area contributed by atoms with Gasteiger partial charge >= 0.3 is 0 Å². The fraction of sp³-hybridized carbons (Fsp3) is 0.111. The Morgan fingerprint density at radius 1 is 1.56 bits per heavy atom. The predicted molar refractivity (Wildman–Crippen MR) is 60.4 cm³/mol. The molecule has 7 heteroatoms. The molecule has 0 saturated carbocycles. The number of nitro groups is 1. The minimum atomic E-state index is -0.512. The average Bonchev–Trinajstić information content (AvgIpc) is 2.61. The second-order valence-corrected chi connectivity index (χ2v) is 4.05. The van der Waals surface area contributed by atoms with E-state index in [0.717, 1.165) is 4.68 Å². The lowest BCUT2D eigenvalue weighted by Gasteiger charge is -1.98. The zero-order valence-corrected chi connectivity index (χ0v) is 9.76. The Kier molecular flexibility index (Phi) is 2.47. The second kappa shape index (κ2) is 3.67. The Balaban J connectivity index is 2.81. The van der Waals surface area contributed by atoms with Gasteiger partial charge < -0.3 is 0 Å². The number of hydrogen-bond acceptors (Lipinski definition) is 4. The maximum Gasteiger partial charge on any atom is 0.272 e. The van der Waals surface area contributed by atoms with E-state index in [1.807, 2.05) is 0 Å². The third-order valence-corrected chi connectivity index (χ3v) is 2.79. The number of non-ortho nitro benzene ring substituents is 1. The minimum Gasteiger partial charge on any atom is -0.273 e. The van der Waals surface area contributed by atoms with Crippen LogP contribution in [0.15, 0.2) is 22.8 Å². The van der Waals surface area contributed by atoms with Crippen LogP contribution in [0.25, 0.3) is 10.9 Å². The number of hydrogen-bond donors (Lipinski definition) is 0. The van der Waals surface area contributed by atoms with Crippen molar-refractivity contribution < 1.29 is 9.72 Å². The van der Waals surface area contributed by atoms with Gasteiger partial charge in [0.05, 0.1) is 16.6 Å². The molecule has 16 heavy (non-hydrogen) atoms. The van der Waals surface area contributed by atoms with Crippen molar-refractivity contribution in [2.75, 3.05) is 0 Å². The van der Waals surface area contributed by atoms with Gasteiger partial charge in [-0.15, -0.1) is 0 Å². The summed E-state index contributed by atoms with van der Waals surface area (Å²) in [5.74, 6) is -0.289. The van der Waals surface area contributed by atoms with E-state index >= 15 is 0 Å². The highest BCUT2D eigenvalue weighted by atomic mass is 79.9. The van der Waals surface area contributed by atoms with E-state index in [4.69, 9.17) is 0 Å². The lowest BCUT2D eigenvalue weighted by Crippen LogP contribution is -2.06. The topological polar surface area (TPSA) is 78.0 Å². The molecule has 1 aromatic heterocycles. The SMILES string of the molecule is CC(=O)n1ncc2c(Br)cc([N+](=O)[O-])cc21. The Morgan fingerprint density at radius 2 is 2.25 bits per heavy atom. The van der Waals surface area contributed by atoms with Crippen LogP contribution in [-0.4, -0.2) is 20.6 Å². The number of rotatable bonds is 1. The molecule has 82 valence electrons. The van der Waals surface area contributed by atoms with Gasteiger partial charge in [0.2, 0.25) is 5.91 Å². The lowest BCUT2D eigenvalue weighted by molar-refractivity contribution is -0.384. The summed E-state index contributed by atoms with van der Waals surface area (Å²) in [7, 11) is 0. The Morgan fingerprint density at radius 3 is 2.81 bits per heavy atom. The van der Waals surface area contributed by atoms with Gasteiger partial charge in [-0.2, -0.15) is 5.10 Å². The molecule has 1 aromatic carbocycles. The van der Waals surface area contributed by atoms with Gasteiger partial charge in [-0.1, -0.05) is 0 Å². The summed E-state index contributed by atoms with van der Waals surface area (Å²) in [6.07, 6.45) is 1.49. The quantitative estimate of drug-likeness (QED) is 0.595. The number of nitrogens with zero attached hydrogens (tertiary/aromatic N) is 3. The van der Waals surface area contributed by atoms with Crippen LogP contribution < -0.4 is 0 Å². The molecule has 0 fully saturated rings. The van der Waals surface area contributed by atoms with Crippen LogP contribution in [0.4, 0.5) is 5.69 Å². The van der Waals surface area contributed by atoms with Crippen molar-refractivity contribution in [2.45, 2.75) is 6.92 Å². The van der Waals surface area contributed by atoms with Gasteiger partial charge in [-0.3, -0.25) is 14.9 Å². The van der Waals surface area contributed by atoms with Crippen LogP contribution in [0.1, 0.15) is 11.7 Å². The number of carbonyl (C=O) groups is 1. The van der Waals surface area contributed by atoms with E-state index in [0.29, 0.717) is 15.4 Å². The van der Waals surface area contributed by atoms with Gasteiger partial charge in [-0.25, -0.2) is 4.68 Å². The molecule has 1 heterocycles. The minimum absolute atomic E-state index is 0.0811. The van der Waals surface area contributed by atoms with Crippen LogP contribution in [0.3, 0.4) is 0 Å². The second-order valence-electron chi connectivity index (χ2n) is 3.19. The maximum absolute atomic E-state index is 11.2.